The molecule has 2 rings (SSSR count). The summed E-state index contributed by atoms with van der Waals surface area (Å²) >= 11 is 3.01. The van der Waals surface area contributed by atoms with Crippen LogP contribution < -0.4 is 4.72 Å². The molecule has 2 aromatic rings. The van der Waals surface area contributed by atoms with Gasteiger partial charge < -0.3 is 15.2 Å². The molecule has 19 heavy (non-hydrogen) atoms. The molecule has 0 spiro atoms. The van der Waals surface area contributed by atoms with Gasteiger partial charge in [0.05, 0.1) is 6.33 Å². The lowest BCUT2D eigenvalue weighted by Crippen LogP contribution is -2.24. The Morgan fingerprint density at radius 1 is 1.37 bits per heavy atom. The van der Waals surface area contributed by atoms with Crippen molar-refractivity contribution in [2.75, 3.05) is 0 Å². The molecule has 1 aromatic heterocycles. The number of aromatic amines is 1. The number of H-pyrrole nitrogens is 1. The van der Waals surface area contributed by atoms with Gasteiger partial charge in [0.15, 0.2) is 5.03 Å². The second-order valence-corrected chi connectivity index (χ2v) is 6.11. The molecule has 0 fully saturated rings. The number of nitrogens with zero attached hydrogens (tertiary/aromatic N) is 1. The van der Waals surface area contributed by atoms with Crippen LogP contribution >= 0.6 is 15.9 Å². The topological polar surface area (TPSA) is 115 Å². The van der Waals surface area contributed by atoms with E-state index in [9.17, 15) is 13.5 Å². The van der Waals surface area contributed by atoms with Gasteiger partial charge in [0, 0.05) is 18.2 Å². The van der Waals surface area contributed by atoms with Crippen LogP contribution in [-0.2, 0) is 16.6 Å². The van der Waals surface area contributed by atoms with Crippen LogP contribution in [0.1, 0.15) is 5.56 Å². The van der Waals surface area contributed by atoms with E-state index in [4.69, 9.17) is 5.11 Å². The smallest absolute Gasteiger partial charge is 0.259 e. The molecule has 0 aliphatic rings. The number of aromatic nitrogens is 2. The van der Waals surface area contributed by atoms with E-state index in [0.29, 0.717) is 5.56 Å². The van der Waals surface area contributed by atoms with E-state index in [-0.39, 0.29) is 27.7 Å². The number of phenols is 2. The average molecular weight is 348 g/mol. The number of phenolic OH excluding ortho intramolecular Hbond substituents is 2. The molecule has 0 atom stereocenters. The SMILES string of the molecule is O=S(=O)(NCc1ccc(O)cc1O)c1[nH]cnc1Br. The highest BCUT2D eigenvalue weighted by atomic mass is 79.9. The van der Waals surface area contributed by atoms with Crippen molar-refractivity contribution < 1.29 is 18.6 Å². The van der Waals surface area contributed by atoms with E-state index in [0.717, 1.165) is 6.07 Å². The lowest BCUT2D eigenvalue weighted by molar-refractivity contribution is 0.445. The van der Waals surface area contributed by atoms with Crippen molar-refractivity contribution in [3.8, 4) is 11.5 Å². The minimum atomic E-state index is -3.76. The van der Waals surface area contributed by atoms with Crippen LogP contribution in [-0.4, -0.2) is 28.6 Å². The summed E-state index contributed by atoms with van der Waals surface area (Å²) in [6.45, 7) is -0.111. The van der Waals surface area contributed by atoms with Gasteiger partial charge in [0.25, 0.3) is 10.0 Å². The Labute approximate surface area is 117 Å². The zero-order valence-corrected chi connectivity index (χ0v) is 11.9. The lowest BCUT2D eigenvalue weighted by Gasteiger charge is -2.07. The molecule has 0 bridgehead atoms. The third-order valence-electron chi connectivity index (χ3n) is 2.35. The standard InChI is InChI=1S/C10H10BrN3O4S/c11-9-10(13-5-12-9)19(17,18)14-4-6-1-2-7(15)3-8(6)16/h1-3,5,14-16H,4H2,(H,12,13). The predicted molar refractivity (Wildman–Crippen MR) is 70.1 cm³/mol. The van der Waals surface area contributed by atoms with Gasteiger partial charge in [-0.05, 0) is 22.0 Å². The number of imidazole rings is 1. The zero-order chi connectivity index (χ0) is 14.0. The summed E-state index contributed by atoms with van der Waals surface area (Å²) < 4.78 is 26.3. The number of hydrogen-bond donors (Lipinski definition) is 4. The summed E-state index contributed by atoms with van der Waals surface area (Å²) in [5.74, 6) is -0.285. The molecule has 0 amide bonds. The van der Waals surface area contributed by atoms with E-state index >= 15 is 0 Å². The molecule has 0 aliphatic carbocycles. The maximum Gasteiger partial charge on any atom is 0.259 e. The van der Waals surface area contributed by atoms with Crippen LogP contribution in [0.25, 0.3) is 0 Å². The number of hydrogen-bond acceptors (Lipinski definition) is 5. The van der Waals surface area contributed by atoms with Crippen LogP contribution in [0.3, 0.4) is 0 Å². The van der Waals surface area contributed by atoms with Gasteiger partial charge >= 0.3 is 0 Å². The van der Waals surface area contributed by atoms with Gasteiger partial charge in [0.1, 0.15) is 16.1 Å². The first kappa shape index (κ1) is 13.8. The number of halogens is 1. The largest absolute Gasteiger partial charge is 0.508 e. The number of benzene rings is 1. The normalized spacial score (nSPS) is 11.6. The average Bonchev–Trinajstić information content (AvgIpc) is 2.75. The Morgan fingerprint density at radius 2 is 2.11 bits per heavy atom. The van der Waals surface area contributed by atoms with Gasteiger partial charge in [0.2, 0.25) is 0 Å². The molecule has 0 saturated carbocycles. The molecule has 0 radical (unpaired) electrons. The Bertz CT molecular complexity index is 699. The highest BCUT2D eigenvalue weighted by Crippen LogP contribution is 2.23. The van der Waals surface area contributed by atoms with E-state index < -0.39 is 10.0 Å². The van der Waals surface area contributed by atoms with Crippen LogP contribution in [0.4, 0.5) is 0 Å². The monoisotopic (exact) mass is 347 g/mol. The summed E-state index contributed by atoms with van der Waals surface area (Å²) in [6.07, 6.45) is 1.25. The highest BCUT2D eigenvalue weighted by Gasteiger charge is 2.20. The van der Waals surface area contributed by atoms with Crippen LogP contribution in [0.2, 0.25) is 0 Å². The van der Waals surface area contributed by atoms with Gasteiger partial charge in [-0.1, -0.05) is 6.07 Å². The summed E-state index contributed by atoms with van der Waals surface area (Å²) in [4.78, 5) is 6.22. The van der Waals surface area contributed by atoms with Gasteiger partial charge in [-0.25, -0.2) is 18.1 Å². The molecule has 0 aliphatic heterocycles. The number of sulfonamides is 1. The lowest BCUT2D eigenvalue weighted by atomic mass is 10.2. The fraction of sp³-hybridized carbons (Fsp3) is 0.100. The molecule has 102 valence electrons. The molecule has 7 nitrogen and oxygen atoms in total. The molecular formula is C10H10BrN3O4S. The van der Waals surface area contributed by atoms with E-state index in [1.54, 1.807) is 0 Å². The molecule has 0 unspecified atom stereocenters. The Hall–Kier alpha value is -1.58. The van der Waals surface area contributed by atoms with Gasteiger partial charge in [-0.2, -0.15) is 0 Å². The van der Waals surface area contributed by atoms with E-state index in [2.05, 4.69) is 30.6 Å². The second kappa shape index (κ2) is 5.19. The number of rotatable bonds is 4. The predicted octanol–water partition coefficient (Wildman–Crippen LogP) is 1.06. The van der Waals surface area contributed by atoms with Crippen LogP contribution in [0.5, 0.6) is 11.5 Å². The third-order valence-corrected chi connectivity index (χ3v) is 4.59. The number of nitrogens with one attached hydrogen (secondary N) is 2. The molecule has 9 heteroatoms. The van der Waals surface area contributed by atoms with Gasteiger partial charge in [-0.3, -0.25) is 0 Å². The summed E-state index contributed by atoms with van der Waals surface area (Å²) in [7, 11) is -3.76. The summed E-state index contributed by atoms with van der Waals surface area (Å²) in [5.41, 5.74) is 0.344. The second-order valence-electron chi connectivity index (χ2n) is 3.66. The van der Waals surface area contributed by atoms with Crippen molar-refractivity contribution in [1.82, 2.24) is 14.7 Å². The van der Waals surface area contributed by atoms with Crippen molar-refractivity contribution >= 4 is 26.0 Å². The Morgan fingerprint density at radius 3 is 2.68 bits per heavy atom. The third kappa shape index (κ3) is 3.06. The maximum absolute atomic E-state index is 11.9. The van der Waals surface area contributed by atoms with E-state index in [1.165, 1.54) is 18.5 Å². The Balaban J connectivity index is 2.17. The zero-order valence-electron chi connectivity index (χ0n) is 9.46. The fourth-order valence-electron chi connectivity index (χ4n) is 1.40. The first-order chi connectivity index (χ1) is 8.90. The molecule has 1 aromatic carbocycles. The summed E-state index contributed by atoms with van der Waals surface area (Å²) in [6, 6.07) is 3.92. The quantitative estimate of drug-likeness (QED) is 0.660. The van der Waals surface area contributed by atoms with Crippen molar-refractivity contribution in [2.45, 2.75) is 11.6 Å². The van der Waals surface area contributed by atoms with Crippen LogP contribution in [0, 0.1) is 0 Å². The van der Waals surface area contributed by atoms with Crippen LogP contribution in [0.15, 0.2) is 34.2 Å². The van der Waals surface area contributed by atoms with Gasteiger partial charge in [-0.15, -0.1) is 0 Å². The van der Waals surface area contributed by atoms with Crippen molar-refractivity contribution in [1.29, 1.82) is 0 Å². The minimum Gasteiger partial charge on any atom is -0.508 e. The van der Waals surface area contributed by atoms with E-state index in [1.807, 2.05) is 0 Å². The Kier molecular flexibility index (Phi) is 3.78. The van der Waals surface area contributed by atoms with Crippen molar-refractivity contribution in [3.05, 3.63) is 34.7 Å². The molecule has 0 saturated heterocycles. The maximum atomic E-state index is 11.9. The molecule has 1 heterocycles. The van der Waals surface area contributed by atoms with Crippen molar-refractivity contribution in [2.24, 2.45) is 0 Å². The minimum absolute atomic E-state index is 0.0919. The first-order valence-electron chi connectivity index (χ1n) is 5.09. The number of aromatic hydroxyl groups is 2. The summed E-state index contributed by atoms with van der Waals surface area (Å²) in [5, 5.41) is 18.6. The highest BCUT2D eigenvalue weighted by molar-refractivity contribution is 9.10. The van der Waals surface area contributed by atoms with Crippen molar-refractivity contribution in [3.63, 3.8) is 0 Å². The molecular weight excluding hydrogens is 338 g/mol. The molecule has 4 N–H and O–H groups in total. The fourth-order valence-corrected chi connectivity index (χ4v) is 3.23. The first-order valence-corrected chi connectivity index (χ1v) is 7.37.